The van der Waals surface area contributed by atoms with Gasteiger partial charge < -0.3 is 14.6 Å². The van der Waals surface area contributed by atoms with Crippen LogP contribution in [0.3, 0.4) is 0 Å². The smallest absolute Gasteiger partial charge is 0.339 e. The zero-order valence-corrected chi connectivity index (χ0v) is 19.6. The molecule has 0 aliphatic carbocycles. The Labute approximate surface area is 189 Å². The molecule has 6 nitrogen and oxygen atoms in total. The fourth-order valence-corrected chi connectivity index (χ4v) is 3.95. The van der Waals surface area contributed by atoms with Crippen molar-refractivity contribution >= 4 is 44.4 Å². The number of carbonyl (C=O) groups excluding carboxylic acids is 2. The van der Waals surface area contributed by atoms with E-state index in [1.807, 2.05) is 57.2 Å². The molecule has 2 amide bonds. The second kappa shape index (κ2) is 9.47. The van der Waals surface area contributed by atoms with Gasteiger partial charge in [-0.2, -0.15) is 0 Å². The van der Waals surface area contributed by atoms with E-state index in [9.17, 15) is 14.4 Å². The Bertz CT molecular complexity index is 1220. The number of carbonyl (C=O) groups is 2. The van der Waals surface area contributed by atoms with Crippen molar-refractivity contribution in [1.29, 1.82) is 0 Å². The van der Waals surface area contributed by atoms with E-state index >= 15 is 0 Å². The van der Waals surface area contributed by atoms with Gasteiger partial charge in [0.25, 0.3) is 0 Å². The zero-order chi connectivity index (χ0) is 22.7. The summed E-state index contributed by atoms with van der Waals surface area (Å²) in [5, 5.41) is 3.69. The lowest BCUT2D eigenvalue weighted by Crippen LogP contribution is -2.35. The van der Waals surface area contributed by atoms with Crippen molar-refractivity contribution < 1.29 is 14.0 Å². The zero-order valence-electron chi connectivity index (χ0n) is 18.0. The third-order valence-electron chi connectivity index (χ3n) is 5.30. The number of fused-ring (bicyclic) bond motifs is 1. The molecule has 0 unspecified atom stereocenters. The minimum atomic E-state index is -0.422. The van der Waals surface area contributed by atoms with Crippen LogP contribution in [0.25, 0.3) is 11.0 Å². The molecule has 0 spiro atoms. The molecule has 31 heavy (non-hydrogen) atoms. The number of hydrogen-bond donors (Lipinski definition) is 1. The summed E-state index contributed by atoms with van der Waals surface area (Å²) < 4.78 is 6.38. The molecule has 1 heterocycles. The SMILES string of the molecule is Cc1ccc2c(C)c(CCC(=O)N(C)CC(=O)Nc3ccc(Br)cc3C)c(=O)oc2c1. The van der Waals surface area contributed by atoms with E-state index in [1.54, 1.807) is 7.05 Å². The molecule has 0 fully saturated rings. The normalized spacial score (nSPS) is 10.9. The highest BCUT2D eigenvalue weighted by Gasteiger charge is 2.17. The topological polar surface area (TPSA) is 79.6 Å². The second-order valence-electron chi connectivity index (χ2n) is 7.75. The molecule has 0 aliphatic heterocycles. The Morgan fingerprint density at radius 3 is 2.55 bits per heavy atom. The van der Waals surface area contributed by atoms with Crippen LogP contribution in [0.1, 0.15) is 28.7 Å². The fraction of sp³-hybridized carbons (Fsp3) is 0.292. The second-order valence-corrected chi connectivity index (χ2v) is 8.67. The lowest BCUT2D eigenvalue weighted by molar-refractivity contribution is -0.133. The van der Waals surface area contributed by atoms with Crippen molar-refractivity contribution in [1.82, 2.24) is 4.90 Å². The van der Waals surface area contributed by atoms with Crippen LogP contribution in [0, 0.1) is 20.8 Å². The Balaban J connectivity index is 1.63. The maximum atomic E-state index is 12.6. The van der Waals surface area contributed by atoms with Crippen LogP contribution in [-0.2, 0) is 16.0 Å². The molecule has 162 valence electrons. The third kappa shape index (κ3) is 5.41. The van der Waals surface area contributed by atoms with E-state index in [-0.39, 0.29) is 31.2 Å². The predicted molar refractivity (Wildman–Crippen MR) is 125 cm³/mol. The van der Waals surface area contributed by atoms with Crippen LogP contribution >= 0.6 is 15.9 Å². The average molecular weight is 485 g/mol. The van der Waals surface area contributed by atoms with Gasteiger partial charge in [0.1, 0.15) is 5.58 Å². The Hall–Kier alpha value is -2.93. The molecule has 0 saturated carbocycles. The molecule has 0 bridgehead atoms. The molecule has 3 rings (SSSR count). The monoisotopic (exact) mass is 484 g/mol. The Morgan fingerprint density at radius 2 is 1.84 bits per heavy atom. The molecule has 0 saturated heterocycles. The van der Waals surface area contributed by atoms with E-state index < -0.39 is 5.63 Å². The number of hydrogen-bond acceptors (Lipinski definition) is 4. The van der Waals surface area contributed by atoms with E-state index in [0.717, 1.165) is 26.5 Å². The van der Waals surface area contributed by atoms with Crippen molar-refractivity contribution in [3.8, 4) is 0 Å². The van der Waals surface area contributed by atoms with Gasteiger partial charge >= 0.3 is 5.63 Å². The van der Waals surface area contributed by atoms with Crippen LogP contribution in [0.5, 0.6) is 0 Å². The molecule has 0 radical (unpaired) electrons. The minimum Gasteiger partial charge on any atom is -0.423 e. The molecule has 1 N–H and O–H groups in total. The lowest BCUT2D eigenvalue weighted by atomic mass is 10.0. The van der Waals surface area contributed by atoms with E-state index in [0.29, 0.717) is 16.8 Å². The van der Waals surface area contributed by atoms with Crippen LogP contribution in [0.2, 0.25) is 0 Å². The third-order valence-corrected chi connectivity index (χ3v) is 5.79. The summed E-state index contributed by atoms with van der Waals surface area (Å²) in [5.74, 6) is -0.497. The van der Waals surface area contributed by atoms with Crippen LogP contribution in [0.4, 0.5) is 5.69 Å². The van der Waals surface area contributed by atoms with Gasteiger partial charge in [-0.3, -0.25) is 9.59 Å². The van der Waals surface area contributed by atoms with Gasteiger partial charge in [-0.25, -0.2) is 4.79 Å². The van der Waals surface area contributed by atoms with Gasteiger partial charge in [-0.15, -0.1) is 0 Å². The number of halogens is 1. The highest BCUT2D eigenvalue weighted by Crippen LogP contribution is 2.22. The largest absolute Gasteiger partial charge is 0.423 e. The van der Waals surface area contributed by atoms with Gasteiger partial charge in [-0.1, -0.05) is 28.1 Å². The average Bonchev–Trinajstić information content (AvgIpc) is 2.69. The van der Waals surface area contributed by atoms with E-state index in [2.05, 4.69) is 21.2 Å². The van der Waals surface area contributed by atoms with Gasteiger partial charge in [0, 0.05) is 34.6 Å². The molecular weight excluding hydrogens is 460 g/mol. The summed E-state index contributed by atoms with van der Waals surface area (Å²) in [6.45, 7) is 5.63. The van der Waals surface area contributed by atoms with Crippen molar-refractivity contribution in [3.63, 3.8) is 0 Å². The molecule has 3 aromatic rings. The lowest BCUT2D eigenvalue weighted by Gasteiger charge is -2.17. The standard InChI is InChI=1S/C24H25BrN2O4/c1-14-5-7-18-16(3)19(24(30)31-21(18)11-14)8-10-23(29)27(4)13-22(28)26-20-9-6-17(25)12-15(20)2/h5-7,9,11-12H,8,10,13H2,1-4H3,(H,26,28). The molecule has 1 aromatic heterocycles. The van der Waals surface area contributed by atoms with Crippen molar-refractivity contribution in [3.05, 3.63) is 73.5 Å². The van der Waals surface area contributed by atoms with Crippen molar-refractivity contribution in [2.45, 2.75) is 33.6 Å². The highest BCUT2D eigenvalue weighted by molar-refractivity contribution is 9.10. The van der Waals surface area contributed by atoms with Crippen molar-refractivity contribution in [2.75, 3.05) is 18.9 Å². The number of nitrogens with zero attached hydrogens (tertiary/aromatic N) is 1. The first-order valence-corrected chi connectivity index (χ1v) is 10.8. The van der Waals surface area contributed by atoms with Gasteiger partial charge in [0.05, 0.1) is 6.54 Å². The summed E-state index contributed by atoms with van der Waals surface area (Å²) in [5.41, 5.74) is 4.08. The summed E-state index contributed by atoms with van der Waals surface area (Å²) in [7, 11) is 1.58. The maximum Gasteiger partial charge on any atom is 0.339 e. The summed E-state index contributed by atoms with van der Waals surface area (Å²) in [6.07, 6.45) is 0.374. The fourth-order valence-electron chi connectivity index (χ4n) is 3.47. The summed E-state index contributed by atoms with van der Waals surface area (Å²) >= 11 is 3.39. The number of likely N-dealkylation sites (N-methyl/N-ethyl adjacent to an activating group) is 1. The van der Waals surface area contributed by atoms with E-state index in [1.165, 1.54) is 4.90 Å². The van der Waals surface area contributed by atoms with Crippen LogP contribution < -0.4 is 10.9 Å². The molecule has 7 heteroatoms. The van der Waals surface area contributed by atoms with Gasteiger partial charge in [0.2, 0.25) is 11.8 Å². The molecular formula is C24H25BrN2O4. The number of benzene rings is 2. The van der Waals surface area contributed by atoms with E-state index in [4.69, 9.17) is 4.42 Å². The first-order chi connectivity index (χ1) is 14.7. The minimum absolute atomic E-state index is 0.0705. The number of anilines is 1. The quantitative estimate of drug-likeness (QED) is 0.521. The number of nitrogens with one attached hydrogen (secondary N) is 1. The van der Waals surface area contributed by atoms with Crippen LogP contribution in [0.15, 0.2) is 50.1 Å². The number of rotatable bonds is 6. The first-order valence-electron chi connectivity index (χ1n) is 9.98. The molecule has 2 aromatic carbocycles. The Morgan fingerprint density at radius 1 is 1.10 bits per heavy atom. The summed E-state index contributed by atoms with van der Waals surface area (Å²) in [6, 6.07) is 11.3. The maximum absolute atomic E-state index is 12.6. The van der Waals surface area contributed by atoms with Gasteiger partial charge in [-0.05, 0) is 68.1 Å². The number of aryl methyl sites for hydroxylation is 3. The van der Waals surface area contributed by atoms with Crippen molar-refractivity contribution in [2.24, 2.45) is 0 Å². The van der Waals surface area contributed by atoms with Gasteiger partial charge in [0.15, 0.2) is 0 Å². The Kier molecular flexibility index (Phi) is 6.95. The molecule has 0 atom stereocenters. The first kappa shape index (κ1) is 22.7. The number of amides is 2. The van der Waals surface area contributed by atoms with Crippen LogP contribution in [-0.4, -0.2) is 30.3 Å². The highest BCUT2D eigenvalue weighted by atomic mass is 79.9. The summed E-state index contributed by atoms with van der Waals surface area (Å²) in [4.78, 5) is 38.7. The molecule has 0 aliphatic rings. The predicted octanol–water partition coefficient (Wildman–Crippen LogP) is 4.51.